The van der Waals surface area contributed by atoms with Crippen molar-refractivity contribution in [3.05, 3.63) is 95.4 Å². The first-order valence-electron chi connectivity index (χ1n) is 12.4. The number of nitrogen functional groups attached to an aromatic ring is 1. The molecule has 1 aliphatic carbocycles. The Hall–Kier alpha value is -4.63. The number of benzene rings is 3. The Morgan fingerprint density at radius 1 is 0.923 bits per heavy atom. The number of pyridine rings is 1. The SMILES string of the molecule is COc1cc2nccc(Oc3ccc(CC(=O)C4(C(=O)Cc5ccc(F)cc5)CC4)cc3)c2cc1C(=O)NN. The number of ketones is 2. The molecule has 1 amide bonds. The van der Waals surface area contributed by atoms with Gasteiger partial charge in [-0.25, -0.2) is 10.2 Å². The van der Waals surface area contributed by atoms with Crippen molar-refractivity contribution in [1.29, 1.82) is 0 Å². The second-order valence-corrected chi connectivity index (χ2v) is 9.51. The third-order valence-corrected chi connectivity index (χ3v) is 7.01. The Bertz CT molecular complexity index is 1560. The van der Waals surface area contributed by atoms with Crippen LogP contribution in [0.1, 0.15) is 34.3 Å². The lowest BCUT2D eigenvalue weighted by Crippen LogP contribution is -2.30. The highest BCUT2D eigenvalue weighted by Gasteiger charge is 2.54. The number of Topliss-reactive ketones (excluding diaryl/α,β-unsaturated/α-hetero) is 2. The molecule has 39 heavy (non-hydrogen) atoms. The van der Waals surface area contributed by atoms with Gasteiger partial charge in [0, 0.05) is 30.5 Å². The van der Waals surface area contributed by atoms with Crippen LogP contribution in [0.25, 0.3) is 10.9 Å². The Labute approximate surface area is 223 Å². The van der Waals surface area contributed by atoms with Gasteiger partial charge in [0.1, 0.15) is 23.1 Å². The number of aromatic nitrogens is 1. The van der Waals surface area contributed by atoms with Crippen molar-refractivity contribution in [2.75, 3.05) is 7.11 Å². The molecule has 1 heterocycles. The smallest absolute Gasteiger partial charge is 0.268 e. The first-order chi connectivity index (χ1) is 18.8. The first kappa shape index (κ1) is 26.0. The highest BCUT2D eigenvalue weighted by Crippen LogP contribution is 2.48. The summed E-state index contributed by atoms with van der Waals surface area (Å²) in [4.78, 5) is 42.6. The van der Waals surface area contributed by atoms with Crippen LogP contribution in [-0.4, -0.2) is 29.6 Å². The van der Waals surface area contributed by atoms with E-state index >= 15 is 0 Å². The molecule has 0 atom stereocenters. The van der Waals surface area contributed by atoms with Gasteiger partial charge < -0.3 is 9.47 Å². The summed E-state index contributed by atoms with van der Waals surface area (Å²) in [6.07, 6.45) is 2.91. The summed E-state index contributed by atoms with van der Waals surface area (Å²) in [5.74, 6) is 5.53. The molecule has 1 aliphatic rings. The Morgan fingerprint density at radius 2 is 1.54 bits per heavy atom. The molecule has 3 aromatic carbocycles. The minimum absolute atomic E-state index is 0.108. The van der Waals surface area contributed by atoms with Crippen LogP contribution in [0.4, 0.5) is 4.39 Å². The van der Waals surface area contributed by atoms with Gasteiger partial charge in [0.15, 0.2) is 11.6 Å². The van der Waals surface area contributed by atoms with Crippen molar-refractivity contribution in [2.45, 2.75) is 25.7 Å². The fraction of sp³-hybridized carbons (Fsp3) is 0.200. The van der Waals surface area contributed by atoms with Crippen molar-refractivity contribution in [3.8, 4) is 17.2 Å². The van der Waals surface area contributed by atoms with Gasteiger partial charge in [-0.1, -0.05) is 24.3 Å². The summed E-state index contributed by atoms with van der Waals surface area (Å²) >= 11 is 0. The van der Waals surface area contributed by atoms with Crippen LogP contribution in [0.15, 0.2) is 72.9 Å². The summed E-state index contributed by atoms with van der Waals surface area (Å²) in [6, 6.07) is 17.7. The highest BCUT2D eigenvalue weighted by atomic mass is 19.1. The summed E-state index contributed by atoms with van der Waals surface area (Å²) < 4.78 is 24.5. The van der Waals surface area contributed by atoms with Gasteiger partial charge in [-0.05, 0) is 60.4 Å². The highest BCUT2D eigenvalue weighted by molar-refractivity contribution is 6.11. The number of hydrogen-bond donors (Lipinski definition) is 2. The number of fused-ring (bicyclic) bond motifs is 1. The number of amides is 1. The molecule has 0 aliphatic heterocycles. The van der Waals surface area contributed by atoms with E-state index in [4.69, 9.17) is 15.3 Å². The maximum absolute atomic E-state index is 13.2. The molecule has 1 fully saturated rings. The molecule has 0 unspecified atom stereocenters. The molecule has 0 bridgehead atoms. The van der Waals surface area contributed by atoms with Crippen molar-refractivity contribution in [1.82, 2.24) is 10.4 Å². The molecule has 0 radical (unpaired) electrons. The van der Waals surface area contributed by atoms with Gasteiger partial charge in [-0.15, -0.1) is 0 Å². The standard InChI is InChI=1S/C30H26FN3O5/c1-38-26-17-24-22(16-23(26)29(37)34-32)25(10-13-33-24)39-21-8-4-19(5-9-21)15-28(36)30(11-12-30)27(35)14-18-2-6-20(31)7-3-18/h2-10,13,16-17H,11-12,14-15,32H2,1H3,(H,34,37). The average Bonchev–Trinajstić information content (AvgIpc) is 3.77. The second kappa shape index (κ2) is 10.6. The predicted octanol–water partition coefficient (Wildman–Crippen LogP) is 4.48. The molecule has 198 valence electrons. The number of rotatable bonds is 10. The number of halogens is 1. The first-order valence-corrected chi connectivity index (χ1v) is 12.4. The van der Waals surface area contributed by atoms with Crippen LogP contribution in [0.2, 0.25) is 0 Å². The molecule has 3 N–H and O–H groups in total. The zero-order valence-corrected chi connectivity index (χ0v) is 21.2. The molecular weight excluding hydrogens is 501 g/mol. The van der Waals surface area contributed by atoms with E-state index in [1.165, 1.54) is 19.2 Å². The zero-order valence-electron chi connectivity index (χ0n) is 21.2. The van der Waals surface area contributed by atoms with E-state index in [-0.39, 0.29) is 35.8 Å². The number of hydrazine groups is 1. The van der Waals surface area contributed by atoms with Gasteiger partial charge in [0.25, 0.3) is 5.91 Å². The number of carbonyl (C=O) groups is 3. The number of ether oxygens (including phenoxy) is 2. The van der Waals surface area contributed by atoms with E-state index in [0.29, 0.717) is 46.6 Å². The Balaban J connectivity index is 1.29. The molecule has 8 nitrogen and oxygen atoms in total. The van der Waals surface area contributed by atoms with Crippen LogP contribution < -0.4 is 20.7 Å². The average molecular weight is 528 g/mol. The fourth-order valence-corrected chi connectivity index (χ4v) is 4.61. The molecule has 1 aromatic heterocycles. The molecule has 5 rings (SSSR count). The lowest BCUT2D eigenvalue weighted by molar-refractivity contribution is -0.133. The van der Waals surface area contributed by atoms with E-state index in [2.05, 4.69) is 10.4 Å². The number of nitrogens with two attached hydrogens (primary N) is 1. The molecule has 0 spiro atoms. The third-order valence-electron chi connectivity index (χ3n) is 7.01. The maximum atomic E-state index is 13.2. The largest absolute Gasteiger partial charge is 0.496 e. The van der Waals surface area contributed by atoms with Crippen LogP contribution in [0.5, 0.6) is 17.2 Å². The number of carbonyl (C=O) groups excluding carboxylic acids is 3. The van der Waals surface area contributed by atoms with Crippen LogP contribution >= 0.6 is 0 Å². The van der Waals surface area contributed by atoms with Crippen LogP contribution in [0, 0.1) is 11.2 Å². The van der Waals surface area contributed by atoms with Gasteiger partial charge in [-0.2, -0.15) is 0 Å². The van der Waals surface area contributed by atoms with Crippen LogP contribution in [0.3, 0.4) is 0 Å². The normalized spacial score (nSPS) is 13.5. The number of nitrogens with one attached hydrogen (secondary N) is 1. The van der Waals surface area contributed by atoms with E-state index in [9.17, 15) is 18.8 Å². The Kier molecular flexibility index (Phi) is 7.08. The molecule has 1 saturated carbocycles. The third kappa shape index (κ3) is 5.35. The van der Waals surface area contributed by atoms with Crippen molar-refractivity contribution in [2.24, 2.45) is 11.3 Å². The Morgan fingerprint density at radius 3 is 2.10 bits per heavy atom. The summed E-state index contributed by atoms with van der Waals surface area (Å²) in [7, 11) is 1.45. The van der Waals surface area contributed by atoms with Crippen molar-refractivity contribution in [3.63, 3.8) is 0 Å². The van der Waals surface area contributed by atoms with Crippen LogP contribution in [-0.2, 0) is 22.4 Å². The van der Waals surface area contributed by atoms with E-state index in [0.717, 1.165) is 5.56 Å². The van der Waals surface area contributed by atoms with Crippen molar-refractivity contribution < 1.29 is 28.2 Å². The molecule has 4 aromatic rings. The summed E-state index contributed by atoms with van der Waals surface area (Å²) in [6.45, 7) is 0. The summed E-state index contributed by atoms with van der Waals surface area (Å²) in [5.41, 5.74) is 3.42. The second-order valence-electron chi connectivity index (χ2n) is 9.51. The number of methoxy groups -OCH3 is 1. The lowest BCUT2D eigenvalue weighted by Gasteiger charge is -2.14. The number of nitrogens with zero attached hydrogens (tertiary/aromatic N) is 1. The van der Waals surface area contributed by atoms with Gasteiger partial charge in [0.05, 0.1) is 23.6 Å². The van der Waals surface area contributed by atoms with E-state index < -0.39 is 11.3 Å². The molecular formula is C30H26FN3O5. The van der Waals surface area contributed by atoms with Gasteiger partial charge >= 0.3 is 0 Å². The van der Waals surface area contributed by atoms with E-state index in [1.54, 1.807) is 60.8 Å². The topological polar surface area (TPSA) is 121 Å². The van der Waals surface area contributed by atoms with Crippen molar-refractivity contribution >= 4 is 28.4 Å². The fourth-order valence-electron chi connectivity index (χ4n) is 4.61. The quantitative estimate of drug-likeness (QED) is 0.135. The van der Waals surface area contributed by atoms with E-state index in [1.807, 2.05) is 0 Å². The maximum Gasteiger partial charge on any atom is 0.268 e. The monoisotopic (exact) mass is 527 g/mol. The minimum atomic E-state index is -0.950. The minimum Gasteiger partial charge on any atom is -0.496 e. The molecule has 0 saturated heterocycles. The zero-order chi connectivity index (χ0) is 27.6. The van der Waals surface area contributed by atoms with Gasteiger partial charge in [-0.3, -0.25) is 24.8 Å². The lowest BCUT2D eigenvalue weighted by atomic mass is 9.88. The predicted molar refractivity (Wildman–Crippen MR) is 142 cm³/mol. The molecule has 9 heteroatoms. The summed E-state index contributed by atoms with van der Waals surface area (Å²) in [5, 5.41) is 0.589. The van der Waals surface area contributed by atoms with Gasteiger partial charge in [0.2, 0.25) is 0 Å². The number of hydrogen-bond acceptors (Lipinski definition) is 7.